The number of rotatable bonds is 4. The smallest absolute Gasteiger partial charge is 0.326 e. The first-order valence-electron chi connectivity index (χ1n) is 7.53. The number of hydrogen-bond donors (Lipinski definition) is 1. The Bertz CT molecular complexity index is 721. The number of aryl methyl sites for hydroxylation is 1. The van der Waals surface area contributed by atoms with Gasteiger partial charge in [0.1, 0.15) is 12.6 Å². The van der Waals surface area contributed by atoms with Gasteiger partial charge in [0.15, 0.2) is 11.5 Å². The van der Waals surface area contributed by atoms with Gasteiger partial charge in [-0.2, -0.15) is 5.10 Å². The maximum Gasteiger partial charge on any atom is 0.326 e. The highest BCUT2D eigenvalue weighted by Gasteiger charge is 2.33. The predicted molar refractivity (Wildman–Crippen MR) is 78.9 cm³/mol. The zero-order chi connectivity index (χ0) is 16.4. The number of amides is 1. The van der Waals surface area contributed by atoms with E-state index < -0.39 is 17.9 Å². The van der Waals surface area contributed by atoms with Gasteiger partial charge < -0.3 is 14.5 Å². The molecule has 23 heavy (non-hydrogen) atoms. The number of nitrogens with zero attached hydrogens (tertiary/aromatic N) is 4. The molecule has 122 valence electrons. The molecule has 1 saturated heterocycles. The number of aliphatic carboxylic acids is 1. The third-order valence-corrected chi connectivity index (χ3v) is 3.91. The summed E-state index contributed by atoms with van der Waals surface area (Å²) in [4.78, 5) is 25.2. The van der Waals surface area contributed by atoms with Crippen molar-refractivity contribution in [2.24, 2.45) is 0 Å². The first-order chi connectivity index (χ1) is 11.0. The second kappa shape index (κ2) is 6.23. The van der Waals surface area contributed by atoms with Crippen LogP contribution in [-0.2, 0) is 11.3 Å². The van der Waals surface area contributed by atoms with Gasteiger partial charge in [0.25, 0.3) is 5.91 Å². The number of aromatic nitrogens is 3. The molecule has 1 N–H and O–H groups in total. The zero-order valence-corrected chi connectivity index (χ0v) is 12.8. The molecule has 2 aromatic rings. The molecule has 3 rings (SSSR count). The molecule has 1 unspecified atom stereocenters. The lowest BCUT2D eigenvalue weighted by Crippen LogP contribution is -2.48. The first kappa shape index (κ1) is 15.3. The summed E-state index contributed by atoms with van der Waals surface area (Å²) in [7, 11) is 0. The summed E-state index contributed by atoms with van der Waals surface area (Å²) in [6, 6.07) is 0.762. The molecule has 1 aliphatic heterocycles. The van der Waals surface area contributed by atoms with E-state index >= 15 is 0 Å². The normalized spacial score (nSPS) is 18.1. The molecule has 0 bridgehead atoms. The Balaban J connectivity index is 1.73. The molecule has 1 fully saturated rings. The van der Waals surface area contributed by atoms with Crippen molar-refractivity contribution in [2.45, 2.75) is 38.8 Å². The second-order valence-electron chi connectivity index (χ2n) is 5.74. The Morgan fingerprint density at radius 3 is 2.96 bits per heavy atom. The molecule has 0 aliphatic carbocycles. The van der Waals surface area contributed by atoms with Gasteiger partial charge in [-0.25, -0.2) is 4.79 Å². The van der Waals surface area contributed by atoms with Gasteiger partial charge >= 0.3 is 5.97 Å². The Morgan fingerprint density at radius 1 is 1.43 bits per heavy atom. The molecule has 8 heteroatoms. The summed E-state index contributed by atoms with van der Waals surface area (Å²) < 4.78 is 6.87. The Morgan fingerprint density at radius 2 is 2.26 bits per heavy atom. The summed E-state index contributed by atoms with van der Waals surface area (Å²) in [5.41, 5.74) is 1.16. The molecular formula is C15H18N4O4. The van der Waals surface area contributed by atoms with Crippen LogP contribution in [0.5, 0.6) is 0 Å². The monoisotopic (exact) mass is 318 g/mol. The number of carbonyl (C=O) groups is 2. The fraction of sp³-hybridized carbons (Fsp3) is 0.467. The van der Waals surface area contributed by atoms with E-state index in [0.717, 1.165) is 18.4 Å². The number of carboxylic acids is 1. The molecule has 2 aromatic heterocycles. The molecule has 3 heterocycles. The zero-order valence-electron chi connectivity index (χ0n) is 12.8. The molecule has 1 amide bonds. The van der Waals surface area contributed by atoms with Gasteiger partial charge in [-0.05, 0) is 31.7 Å². The van der Waals surface area contributed by atoms with Gasteiger partial charge in [-0.15, -0.1) is 0 Å². The summed E-state index contributed by atoms with van der Waals surface area (Å²) >= 11 is 0. The lowest BCUT2D eigenvalue weighted by Gasteiger charge is -2.32. The van der Waals surface area contributed by atoms with Crippen LogP contribution in [-0.4, -0.2) is 49.4 Å². The van der Waals surface area contributed by atoms with E-state index in [1.165, 1.54) is 4.90 Å². The number of carboxylic acid groups (broad SMARTS) is 1. The van der Waals surface area contributed by atoms with E-state index in [2.05, 4.69) is 10.3 Å². The number of piperidine rings is 1. The van der Waals surface area contributed by atoms with Crippen LogP contribution in [0.3, 0.4) is 0 Å². The van der Waals surface area contributed by atoms with Gasteiger partial charge in [-0.3, -0.25) is 9.48 Å². The maximum atomic E-state index is 12.5. The van der Waals surface area contributed by atoms with Gasteiger partial charge in [-0.1, -0.05) is 5.16 Å². The van der Waals surface area contributed by atoms with Crippen molar-refractivity contribution in [2.75, 3.05) is 6.54 Å². The van der Waals surface area contributed by atoms with Crippen LogP contribution in [0.25, 0.3) is 0 Å². The Hall–Kier alpha value is -2.64. The minimum atomic E-state index is -0.978. The summed E-state index contributed by atoms with van der Waals surface area (Å²) in [5.74, 6) is -0.877. The van der Waals surface area contributed by atoms with Gasteiger partial charge in [0.05, 0.1) is 6.20 Å². The van der Waals surface area contributed by atoms with Crippen molar-refractivity contribution in [3.05, 3.63) is 35.5 Å². The van der Waals surface area contributed by atoms with Crippen molar-refractivity contribution in [3.63, 3.8) is 0 Å². The fourth-order valence-corrected chi connectivity index (χ4v) is 2.78. The van der Waals surface area contributed by atoms with E-state index in [1.54, 1.807) is 16.9 Å². The lowest BCUT2D eigenvalue weighted by atomic mass is 10.0. The van der Waals surface area contributed by atoms with Gasteiger partial charge in [0.2, 0.25) is 0 Å². The van der Waals surface area contributed by atoms with Crippen LogP contribution < -0.4 is 0 Å². The van der Waals surface area contributed by atoms with Gasteiger partial charge in [0, 0.05) is 18.8 Å². The van der Waals surface area contributed by atoms with Crippen LogP contribution >= 0.6 is 0 Å². The average molecular weight is 318 g/mol. The van der Waals surface area contributed by atoms with E-state index in [1.807, 2.05) is 13.1 Å². The molecule has 0 radical (unpaired) electrons. The summed E-state index contributed by atoms with van der Waals surface area (Å²) in [6.45, 7) is 2.73. The quantitative estimate of drug-likeness (QED) is 0.912. The Kier molecular flexibility index (Phi) is 4.14. The van der Waals surface area contributed by atoms with E-state index in [-0.39, 0.29) is 5.69 Å². The highest BCUT2D eigenvalue weighted by atomic mass is 16.5. The minimum Gasteiger partial charge on any atom is -0.480 e. The largest absolute Gasteiger partial charge is 0.480 e. The second-order valence-corrected chi connectivity index (χ2v) is 5.74. The van der Waals surface area contributed by atoms with Crippen molar-refractivity contribution in [3.8, 4) is 0 Å². The maximum absolute atomic E-state index is 12.5. The first-order valence-corrected chi connectivity index (χ1v) is 7.53. The number of hydrogen-bond acceptors (Lipinski definition) is 5. The molecule has 8 nitrogen and oxygen atoms in total. The minimum absolute atomic E-state index is 0.136. The molecule has 0 saturated carbocycles. The summed E-state index contributed by atoms with van der Waals surface area (Å²) in [5, 5.41) is 17.2. The van der Waals surface area contributed by atoms with Crippen LogP contribution in [0.15, 0.2) is 23.0 Å². The van der Waals surface area contributed by atoms with Crippen LogP contribution in [0.2, 0.25) is 0 Å². The highest BCUT2D eigenvalue weighted by molar-refractivity contribution is 5.95. The van der Waals surface area contributed by atoms with Crippen LogP contribution in [0, 0.1) is 6.92 Å². The third-order valence-electron chi connectivity index (χ3n) is 3.91. The van der Waals surface area contributed by atoms with E-state index in [0.29, 0.717) is 25.3 Å². The predicted octanol–water partition coefficient (Wildman–Crippen LogP) is 1.31. The van der Waals surface area contributed by atoms with E-state index in [4.69, 9.17) is 4.52 Å². The topological polar surface area (TPSA) is 101 Å². The molecule has 0 spiro atoms. The SMILES string of the molecule is Cc1cnn(Cc2cc(C(=O)N3CCCCC3C(=O)O)no2)c1. The van der Waals surface area contributed by atoms with Crippen molar-refractivity contribution in [1.82, 2.24) is 19.8 Å². The van der Waals surface area contributed by atoms with Crippen LogP contribution in [0.1, 0.15) is 41.1 Å². The standard InChI is InChI=1S/C15H18N4O4/c1-10-7-16-18(8-10)9-11-6-12(17-23-11)14(20)19-5-3-2-4-13(19)15(21)22/h6-8,13H,2-5,9H2,1H3,(H,21,22). The fourth-order valence-electron chi connectivity index (χ4n) is 2.78. The number of likely N-dealkylation sites (tertiary alicyclic amines) is 1. The van der Waals surface area contributed by atoms with Crippen molar-refractivity contribution >= 4 is 11.9 Å². The lowest BCUT2D eigenvalue weighted by molar-refractivity contribution is -0.143. The van der Waals surface area contributed by atoms with E-state index in [9.17, 15) is 14.7 Å². The average Bonchev–Trinajstić information content (AvgIpc) is 3.16. The molecule has 1 atom stereocenters. The molecule has 1 aliphatic rings. The highest BCUT2D eigenvalue weighted by Crippen LogP contribution is 2.20. The van der Waals surface area contributed by atoms with Crippen molar-refractivity contribution < 1.29 is 19.2 Å². The molecule has 0 aromatic carbocycles. The van der Waals surface area contributed by atoms with Crippen LogP contribution in [0.4, 0.5) is 0 Å². The Labute approximate surface area is 132 Å². The van der Waals surface area contributed by atoms with Crippen molar-refractivity contribution in [1.29, 1.82) is 0 Å². The summed E-state index contributed by atoms with van der Waals surface area (Å²) in [6.07, 6.45) is 5.66. The third kappa shape index (κ3) is 3.25. The molecular weight excluding hydrogens is 300 g/mol. The number of carbonyl (C=O) groups excluding carboxylic acids is 1.